The maximum absolute atomic E-state index is 13.0. The summed E-state index contributed by atoms with van der Waals surface area (Å²) in [6.45, 7) is 2.63. The van der Waals surface area contributed by atoms with Crippen LogP contribution in [-0.2, 0) is 16.1 Å². The molecule has 30 heavy (non-hydrogen) atoms. The van der Waals surface area contributed by atoms with Crippen LogP contribution in [0, 0.1) is 0 Å². The second-order valence-corrected chi connectivity index (χ2v) is 7.25. The SMILES string of the molecule is CC[C@@H](C(=O)NC)N(Cc1cccc(OC)c1)C(=O)CCCOc1ccc(Cl)cc1. The molecule has 0 radical (unpaired) electrons. The number of ether oxygens (including phenoxy) is 2. The molecule has 0 spiro atoms. The summed E-state index contributed by atoms with van der Waals surface area (Å²) in [6, 6.07) is 14.1. The molecule has 0 unspecified atom stereocenters. The van der Waals surface area contributed by atoms with Crippen LogP contribution in [0.5, 0.6) is 11.5 Å². The van der Waals surface area contributed by atoms with Crippen LogP contribution in [0.2, 0.25) is 5.02 Å². The number of nitrogens with one attached hydrogen (secondary N) is 1. The lowest BCUT2D eigenvalue weighted by atomic mass is 10.1. The fourth-order valence-corrected chi connectivity index (χ4v) is 3.27. The Morgan fingerprint density at radius 2 is 1.87 bits per heavy atom. The molecule has 0 aromatic heterocycles. The molecule has 6 nitrogen and oxygen atoms in total. The molecule has 0 aliphatic rings. The lowest BCUT2D eigenvalue weighted by Gasteiger charge is -2.30. The van der Waals surface area contributed by atoms with Gasteiger partial charge in [-0.25, -0.2) is 0 Å². The van der Waals surface area contributed by atoms with Gasteiger partial charge in [-0.1, -0.05) is 30.7 Å². The predicted molar refractivity (Wildman–Crippen MR) is 118 cm³/mol. The summed E-state index contributed by atoms with van der Waals surface area (Å²) >= 11 is 5.87. The van der Waals surface area contributed by atoms with E-state index >= 15 is 0 Å². The first-order chi connectivity index (χ1) is 14.5. The van der Waals surface area contributed by atoms with E-state index in [1.165, 1.54) is 0 Å². The quantitative estimate of drug-likeness (QED) is 0.544. The van der Waals surface area contributed by atoms with Crippen molar-refractivity contribution in [3.8, 4) is 11.5 Å². The first kappa shape index (κ1) is 23.5. The minimum absolute atomic E-state index is 0.0898. The van der Waals surface area contributed by atoms with Crippen molar-refractivity contribution in [3.63, 3.8) is 0 Å². The highest BCUT2D eigenvalue weighted by Crippen LogP contribution is 2.19. The fourth-order valence-electron chi connectivity index (χ4n) is 3.14. The number of halogens is 1. The maximum atomic E-state index is 13.0. The van der Waals surface area contributed by atoms with Gasteiger partial charge in [0.2, 0.25) is 11.8 Å². The summed E-state index contributed by atoms with van der Waals surface area (Å²) in [5.74, 6) is 1.15. The highest BCUT2D eigenvalue weighted by molar-refractivity contribution is 6.30. The van der Waals surface area contributed by atoms with E-state index in [9.17, 15) is 9.59 Å². The molecule has 0 bridgehead atoms. The normalized spacial score (nSPS) is 11.5. The van der Waals surface area contributed by atoms with Crippen LogP contribution < -0.4 is 14.8 Å². The molecule has 1 atom stereocenters. The van der Waals surface area contributed by atoms with E-state index in [0.717, 1.165) is 5.56 Å². The van der Waals surface area contributed by atoms with Crippen LogP contribution in [0.15, 0.2) is 48.5 Å². The van der Waals surface area contributed by atoms with Crippen molar-refractivity contribution in [1.82, 2.24) is 10.2 Å². The molecule has 0 fully saturated rings. The second kappa shape index (κ2) is 12.1. The third kappa shape index (κ3) is 6.95. The number of amides is 2. The summed E-state index contributed by atoms with van der Waals surface area (Å²) in [4.78, 5) is 27.0. The number of methoxy groups -OCH3 is 1. The zero-order chi connectivity index (χ0) is 21.9. The smallest absolute Gasteiger partial charge is 0.242 e. The summed E-state index contributed by atoms with van der Waals surface area (Å²) in [6.07, 6.45) is 1.35. The van der Waals surface area contributed by atoms with Crippen molar-refractivity contribution in [1.29, 1.82) is 0 Å². The van der Waals surface area contributed by atoms with Crippen molar-refractivity contribution in [2.75, 3.05) is 20.8 Å². The minimum atomic E-state index is -0.536. The number of hydrogen-bond donors (Lipinski definition) is 1. The Balaban J connectivity index is 2.03. The van der Waals surface area contributed by atoms with E-state index in [0.29, 0.717) is 42.5 Å². The Bertz CT molecular complexity index is 826. The molecule has 7 heteroatoms. The molecular weight excluding hydrogens is 404 g/mol. The second-order valence-electron chi connectivity index (χ2n) is 6.82. The van der Waals surface area contributed by atoms with Gasteiger partial charge < -0.3 is 19.7 Å². The Labute approximate surface area is 183 Å². The largest absolute Gasteiger partial charge is 0.497 e. The highest BCUT2D eigenvalue weighted by atomic mass is 35.5. The van der Waals surface area contributed by atoms with Crippen LogP contribution in [0.25, 0.3) is 0 Å². The minimum Gasteiger partial charge on any atom is -0.497 e. The lowest BCUT2D eigenvalue weighted by Crippen LogP contribution is -2.48. The van der Waals surface area contributed by atoms with Gasteiger partial charge in [0.15, 0.2) is 0 Å². The topological polar surface area (TPSA) is 67.9 Å². The van der Waals surface area contributed by atoms with Gasteiger partial charge in [-0.2, -0.15) is 0 Å². The number of likely N-dealkylation sites (N-methyl/N-ethyl adjacent to an activating group) is 1. The van der Waals surface area contributed by atoms with Crippen molar-refractivity contribution in [3.05, 3.63) is 59.1 Å². The van der Waals surface area contributed by atoms with Gasteiger partial charge in [0, 0.05) is 25.0 Å². The van der Waals surface area contributed by atoms with Crippen LogP contribution in [-0.4, -0.2) is 43.5 Å². The third-order valence-electron chi connectivity index (χ3n) is 4.74. The molecule has 0 saturated heterocycles. The molecule has 0 saturated carbocycles. The lowest BCUT2D eigenvalue weighted by molar-refractivity contribution is -0.141. The molecule has 2 rings (SSSR count). The number of benzene rings is 2. The monoisotopic (exact) mass is 432 g/mol. The molecule has 162 valence electrons. The van der Waals surface area contributed by atoms with Crippen molar-refractivity contribution in [2.24, 2.45) is 0 Å². The predicted octanol–water partition coefficient (Wildman–Crippen LogP) is 4.06. The van der Waals surface area contributed by atoms with E-state index < -0.39 is 6.04 Å². The van der Waals surface area contributed by atoms with Crippen LogP contribution in [0.1, 0.15) is 31.7 Å². The number of hydrogen-bond acceptors (Lipinski definition) is 4. The standard InChI is InChI=1S/C23H29ClN2O4/c1-4-21(23(28)25-2)26(16-17-7-5-8-20(15-17)29-3)22(27)9-6-14-30-19-12-10-18(24)11-13-19/h5,7-8,10-13,15,21H,4,6,9,14,16H2,1-3H3,(H,25,28)/t21-/m0/s1. The van der Waals surface area contributed by atoms with Gasteiger partial charge in [-0.3, -0.25) is 9.59 Å². The van der Waals surface area contributed by atoms with E-state index in [2.05, 4.69) is 5.32 Å². The summed E-state index contributed by atoms with van der Waals surface area (Å²) in [7, 11) is 3.18. The number of nitrogens with zero attached hydrogens (tertiary/aromatic N) is 1. The fraction of sp³-hybridized carbons (Fsp3) is 0.391. The van der Waals surface area contributed by atoms with Gasteiger partial charge in [0.1, 0.15) is 17.5 Å². The summed E-state index contributed by atoms with van der Waals surface area (Å²) < 4.78 is 10.9. The van der Waals surface area contributed by atoms with Gasteiger partial charge in [0.05, 0.1) is 13.7 Å². The van der Waals surface area contributed by atoms with Crippen molar-refractivity contribution >= 4 is 23.4 Å². The first-order valence-corrected chi connectivity index (χ1v) is 10.4. The molecule has 1 N–H and O–H groups in total. The highest BCUT2D eigenvalue weighted by Gasteiger charge is 2.27. The average Bonchev–Trinajstić information content (AvgIpc) is 2.77. The van der Waals surface area contributed by atoms with Crippen molar-refractivity contribution in [2.45, 2.75) is 38.8 Å². The molecular formula is C23H29ClN2O4. The average molecular weight is 433 g/mol. The summed E-state index contributed by atoms with van der Waals surface area (Å²) in [5.41, 5.74) is 0.905. The third-order valence-corrected chi connectivity index (χ3v) is 4.99. The van der Waals surface area contributed by atoms with Crippen LogP contribution in [0.3, 0.4) is 0 Å². The van der Waals surface area contributed by atoms with Gasteiger partial charge in [0.25, 0.3) is 0 Å². The molecule has 2 amide bonds. The Morgan fingerprint density at radius 3 is 2.50 bits per heavy atom. The molecule has 0 aliphatic carbocycles. The van der Waals surface area contributed by atoms with Crippen molar-refractivity contribution < 1.29 is 19.1 Å². The number of rotatable bonds is 11. The molecule has 0 heterocycles. The van der Waals surface area contributed by atoms with E-state index in [1.807, 2.05) is 31.2 Å². The van der Waals surface area contributed by atoms with Crippen LogP contribution in [0.4, 0.5) is 0 Å². The summed E-state index contributed by atoms with van der Waals surface area (Å²) in [5, 5.41) is 3.30. The Morgan fingerprint density at radius 1 is 1.13 bits per heavy atom. The number of carbonyl (C=O) groups excluding carboxylic acids is 2. The first-order valence-electron chi connectivity index (χ1n) is 10.0. The van der Waals surface area contributed by atoms with Crippen LogP contribution >= 0.6 is 11.6 Å². The van der Waals surface area contributed by atoms with E-state index in [1.54, 1.807) is 43.3 Å². The zero-order valence-electron chi connectivity index (χ0n) is 17.7. The molecule has 2 aromatic carbocycles. The van der Waals surface area contributed by atoms with E-state index in [4.69, 9.17) is 21.1 Å². The molecule has 0 aliphatic heterocycles. The zero-order valence-corrected chi connectivity index (χ0v) is 18.4. The molecule has 2 aromatic rings. The Hall–Kier alpha value is -2.73. The van der Waals surface area contributed by atoms with Gasteiger partial charge >= 0.3 is 0 Å². The van der Waals surface area contributed by atoms with Gasteiger partial charge in [-0.15, -0.1) is 0 Å². The number of carbonyl (C=O) groups is 2. The maximum Gasteiger partial charge on any atom is 0.242 e. The Kier molecular flexibility index (Phi) is 9.48. The van der Waals surface area contributed by atoms with E-state index in [-0.39, 0.29) is 18.2 Å². The van der Waals surface area contributed by atoms with Gasteiger partial charge in [-0.05, 0) is 54.8 Å².